The zero-order chi connectivity index (χ0) is 18.7. The minimum absolute atomic E-state index is 0.00525. The molecule has 0 spiro atoms. The van der Waals surface area contributed by atoms with Gasteiger partial charge in [0, 0.05) is 20.0 Å². The Kier molecular flexibility index (Phi) is 5.59. The van der Waals surface area contributed by atoms with Crippen LogP contribution in [0.3, 0.4) is 0 Å². The number of carbonyl (C=O) groups is 2. The summed E-state index contributed by atoms with van der Waals surface area (Å²) in [4.78, 5) is 24.6. The van der Waals surface area contributed by atoms with Crippen LogP contribution in [0.25, 0.3) is 0 Å². The van der Waals surface area contributed by atoms with Gasteiger partial charge >= 0.3 is 12.3 Å². The molecule has 1 saturated carbocycles. The smallest absolute Gasteiger partial charge is 0.481 e. The van der Waals surface area contributed by atoms with E-state index in [-0.39, 0.29) is 18.1 Å². The van der Waals surface area contributed by atoms with E-state index >= 15 is 0 Å². The molecule has 0 saturated heterocycles. The number of nitrogens with zero attached hydrogens (tertiary/aromatic N) is 1. The fraction of sp³-hybridized carbons (Fsp3) is 0.529. The largest absolute Gasteiger partial charge is 0.573 e. The lowest BCUT2D eigenvalue weighted by molar-refractivity contribution is -0.274. The van der Waals surface area contributed by atoms with Crippen LogP contribution in [0.4, 0.5) is 13.2 Å². The zero-order valence-electron chi connectivity index (χ0n) is 13.8. The lowest BCUT2D eigenvalue weighted by atomic mass is 9.95. The molecule has 1 aliphatic carbocycles. The van der Waals surface area contributed by atoms with Crippen molar-refractivity contribution in [3.8, 4) is 5.75 Å². The van der Waals surface area contributed by atoms with Gasteiger partial charge in [-0.2, -0.15) is 0 Å². The van der Waals surface area contributed by atoms with Gasteiger partial charge in [0.25, 0.3) is 0 Å². The second-order valence-corrected chi connectivity index (χ2v) is 6.37. The molecule has 5 nitrogen and oxygen atoms in total. The van der Waals surface area contributed by atoms with Gasteiger partial charge in [0.1, 0.15) is 5.75 Å². The number of rotatable bonds is 8. The van der Waals surface area contributed by atoms with Crippen LogP contribution in [0, 0.1) is 5.41 Å². The molecule has 0 radical (unpaired) electrons. The summed E-state index contributed by atoms with van der Waals surface area (Å²) in [7, 11) is 1.64. The number of carboxylic acid groups (broad SMARTS) is 1. The highest BCUT2D eigenvalue weighted by Gasteiger charge is 2.50. The highest BCUT2D eigenvalue weighted by molar-refractivity contribution is 5.85. The van der Waals surface area contributed by atoms with E-state index in [0.29, 0.717) is 19.4 Å². The first-order valence-electron chi connectivity index (χ1n) is 7.93. The molecule has 0 heterocycles. The summed E-state index contributed by atoms with van der Waals surface area (Å²) in [5, 5.41) is 8.64. The fourth-order valence-corrected chi connectivity index (χ4v) is 2.79. The van der Waals surface area contributed by atoms with E-state index in [1.807, 2.05) is 0 Å². The average molecular weight is 359 g/mol. The number of amides is 1. The van der Waals surface area contributed by atoms with Crippen molar-refractivity contribution >= 4 is 11.9 Å². The summed E-state index contributed by atoms with van der Waals surface area (Å²) in [6.45, 7) is 0.366. The van der Waals surface area contributed by atoms with Crippen molar-refractivity contribution in [3.05, 3.63) is 29.8 Å². The van der Waals surface area contributed by atoms with Gasteiger partial charge in [-0.25, -0.2) is 0 Å². The van der Waals surface area contributed by atoms with Gasteiger partial charge in [0.15, 0.2) is 0 Å². The predicted molar refractivity (Wildman–Crippen MR) is 83.0 cm³/mol. The monoisotopic (exact) mass is 359 g/mol. The molecule has 2 rings (SSSR count). The Labute approximate surface area is 143 Å². The maximum absolute atomic E-state index is 12.6. The SMILES string of the molecule is CN(CCCC(=O)O)C(=O)C1(Cc2ccc(OC(F)(F)F)cc2)CC1. The Morgan fingerprint density at radius 1 is 1.24 bits per heavy atom. The topological polar surface area (TPSA) is 66.8 Å². The summed E-state index contributed by atoms with van der Waals surface area (Å²) in [5.41, 5.74) is 0.240. The number of ether oxygens (including phenoxy) is 1. The van der Waals surface area contributed by atoms with Crippen molar-refractivity contribution < 1.29 is 32.6 Å². The van der Waals surface area contributed by atoms with E-state index in [2.05, 4.69) is 4.74 Å². The van der Waals surface area contributed by atoms with Crippen LogP contribution in [-0.2, 0) is 16.0 Å². The van der Waals surface area contributed by atoms with Crippen molar-refractivity contribution in [1.29, 1.82) is 0 Å². The minimum atomic E-state index is -4.73. The number of aliphatic carboxylic acids is 1. The highest BCUT2D eigenvalue weighted by atomic mass is 19.4. The number of halogens is 3. The van der Waals surface area contributed by atoms with Gasteiger partial charge in [-0.1, -0.05) is 12.1 Å². The van der Waals surface area contributed by atoms with Crippen LogP contribution in [-0.4, -0.2) is 41.8 Å². The fourth-order valence-electron chi connectivity index (χ4n) is 2.79. The van der Waals surface area contributed by atoms with Gasteiger partial charge in [0.2, 0.25) is 5.91 Å². The van der Waals surface area contributed by atoms with Crippen LogP contribution >= 0.6 is 0 Å². The van der Waals surface area contributed by atoms with Crippen LogP contribution < -0.4 is 4.74 Å². The third-order valence-electron chi connectivity index (χ3n) is 4.24. The molecule has 8 heteroatoms. The molecule has 0 aromatic heterocycles. The molecule has 1 aromatic rings. The van der Waals surface area contributed by atoms with Gasteiger partial charge < -0.3 is 14.7 Å². The third-order valence-corrected chi connectivity index (χ3v) is 4.24. The molecule has 1 N–H and O–H groups in total. The highest BCUT2D eigenvalue weighted by Crippen LogP contribution is 2.49. The van der Waals surface area contributed by atoms with Gasteiger partial charge in [-0.15, -0.1) is 13.2 Å². The van der Waals surface area contributed by atoms with Crippen LogP contribution in [0.1, 0.15) is 31.2 Å². The second kappa shape index (κ2) is 7.33. The van der Waals surface area contributed by atoms with Gasteiger partial charge in [-0.05, 0) is 43.4 Å². The molecule has 25 heavy (non-hydrogen) atoms. The summed E-state index contributed by atoms with van der Waals surface area (Å²) >= 11 is 0. The van der Waals surface area contributed by atoms with E-state index < -0.39 is 17.7 Å². The lowest BCUT2D eigenvalue weighted by Gasteiger charge is -2.23. The predicted octanol–water partition coefficient (Wildman–Crippen LogP) is 3.23. The summed E-state index contributed by atoms with van der Waals surface area (Å²) < 4.78 is 40.3. The molecule has 1 fully saturated rings. The number of benzene rings is 1. The maximum Gasteiger partial charge on any atom is 0.573 e. The molecular weight excluding hydrogens is 339 g/mol. The van der Waals surface area contributed by atoms with Crippen LogP contribution in [0.15, 0.2) is 24.3 Å². The van der Waals surface area contributed by atoms with Gasteiger partial charge in [0.05, 0.1) is 5.41 Å². The van der Waals surface area contributed by atoms with Crippen molar-refractivity contribution in [1.82, 2.24) is 4.90 Å². The normalized spacial score (nSPS) is 15.5. The standard InChI is InChI=1S/C17H20F3NO4/c1-21(10-2-3-14(22)23)15(24)16(8-9-16)11-12-4-6-13(7-5-12)25-17(18,19)20/h4-7H,2-3,8-11H2,1H3,(H,22,23). The summed E-state index contributed by atoms with van der Waals surface area (Å²) in [5.74, 6) is -1.24. The molecule has 0 bridgehead atoms. The molecule has 0 unspecified atom stereocenters. The number of carboxylic acids is 1. The lowest BCUT2D eigenvalue weighted by Crippen LogP contribution is -2.36. The Hall–Kier alpha value is -2.25. The number of carbonyl (C=O) groups excluding carboxylic acids is 1. The Balaban J connectivity index is 1.92. The maximum atomic E-state index is 12.6. The molecule has 1 aliphatic rings. The first-order chi connectivity index (χ1) is 11.6. The molecule has 1 aromatic carbocycles. The second-order valence-electron chi connectivity index (χ2n) is 6.37. The molecule has 0 aliphatic heterocycles. The number of alkyl halides is 3. The van der Waals surface area contributed by atoms with E-state index in [4.69, 9.17) is 5.11 Å². The minimum Gasteiger partial charge on any atom is -0.481 e. The number of hydrogen-bond acceptors (Lipinski definition) is 3. The molecule has 138 valence electrons. The van der Waals surface area contributed by atoms with E-state index in [1.165, 1.54) is 29.2 Å². The third kappa shape index (κ3) is 5.65. The van der Waals surface area contributed by atoms with E-state index in [1.54, 1.807) is 7.05 Å². The Morgan fingerprint density at radius 2 is 1.84 bits per heavy atom. The Bertz CT molecular complexity index is 624. The summed E-state index contributed by atoms with van der Waals surface area (Å²) in [6.07, 6.45) is -2.45. The van der Waals surface area contributed by atoms with Crippen LogP contribution in [0.5, 0.6) is 5.75 Å². The van der Waals surface area contributed by atoms with E-state index in [0.717, 1.165) is 18.4 Å². The quantitative estimate of drug-likeness (QED) is 0.774. The number of hydrogen-bond donors (Lipinski definition) is 1. The first kappa shape index (κ1) is 19.1. The molecule has 0 atom stereocenters. The summed E-state index contributed by atoms with van der Waals surface area (Å²) in [6, 6.07) is 5.53. The van der Waals surface area contributed by atoms with E-state index in [9.17, 15) is 22.8 Å². The van der Waals surface area contributed by atoms with Crippen molar-refractivity contribution in [2.75, 3.05) is 13.6 Å². The molecule has 1 amide bonds. The van der Waals surface area contributed by atoms with Crippen molar-refractivity contribution in [3.63, 3.8) is 0 Å². The first-order valence-corrected chi connectivity index (χ1v) is 7.93. The zero-order valence-corrected chi connectivity index (χ0v) is 13.8. The van der Waals surface area contributed by atoms with Gasteiger partial charge in [-0.3, -0.25) is 9.59 Å². The van der Waals surface area contributed by atoms with Crippen LogP contribution in [0.2, 0.25) is 0 Å². The van der Waals surface area contributed by atoms with Crippen molar-refractivity contribution in [2.24, 2.45) is 5.41 Å². The Morgan fingerprint density at radius 3 is 2.32 bits per heavy atom. The molecular formula is C17H20F3NO4. The van der Waals surface area contributed by atoms with Crippen molar-refractivity contribution in [2.45, 2.75) is 38.5 Å². The average Bonchev–Trinajstić information content (AvgIpc) is 3.27.